The molecule has 14 heteroatoms. The van der Waals surface area contributed by atoms with Crippen LogP contribution in [0.2, 0.25) is 0 Å². The smallest absolute Gasteiger partial charge is 0.416 e. The molecule has 1 amide bonds. The Bertz CT molecular complexity index is 1610. The van der Waals surface area contributed by atoms with Crippen molar-refractivity contribution in [3.05, 3.63) is 60.3 Å². The molecule has 2 aromatic carbocycles. The fourth-order valence-electron chi connectivity index (χ4n) is 4.98. The molecule has 0 saturated carbocycles. The zero-order chi connectivity index (χ0) is 29.4. The van der Waals surface area contributed by atoms with Crippen molar-refractivity contribution in [1.29, 1.82) is 0 Å². The van der Waals surface area contributed by atoms with Crippen LogP contribution in [-0.2, 0) is 16.2 Å². The van der Waals surface area contributed by atoms with Crippen LogP contribution in [-0.4, -0.2) is 73.5 Å². The van der Waals surface area contributed by atoms with Gasteiger partial charge >= 0.3 is 12.2 Å². The number of hydrogen-bond donors (Lipinski definition) is 2. The monoisotopic (exact) mass is 590 g/mol. The van der Waals surface area contributed by atoms with Crippen LogP contribution in [0.3, 0.4) is 0 Å². The number of aromatic nitrogens is 1. The number of benzene rings is 2. The number of amides is 1. The SMILES string of the molecule is CC1C(Oc2ccc3c(ccn3C(=O)Nc3cccc(C(F)(F)F)c3)c2)=NC=NC1CN(C1CCNC1)S(C)(=O)=O. The van der Waals surface area contributed by atoms with Gasteiger partial charge in [-0.3, -0.25) is 9.56 Å². The summed E-state index contributed by atoms with van der Waals surface area (Å²) in [4.78, 5) is 21.5. The van der Waals surface area contributed by atoms with Crippen molar-refractivity contribution < 1.29 is 31.1 Å². The molecule has 0 spiro atoms. The number of rotatable bonds is 6. The number of nitrogens with one attached hydrogen (secondary N) is 2. The van der Waals surface area contributed by atoms with Crippen LogP contribution in [0.15, 0.2) is 64.7 Å². The third kappa shape index (κ3) is 6.44. The van der Waals surface area contributed by atoms with E-state index in [0.717, 1.165) is 25.1 Å². The molecule has 2 aliphatic heterocycles. The second-order valence-corrected chi connectivity index (χ2v) is 12.0. The summed E-state index contributed by atoms with van der Waals surface area (Å²) < 4.78 is 73.0. The van der Waals surface area contributed by atoms with Gasteiger partial charge in [0, 0.05) is 36.4 Å². The summed E-state index contributed by atoms with van der Waals surface area (Å²) in [7, 11) is -3.45. The third-order valence-corrected chi connectivity index (χ3v) is 8.49. The van der Waals surface area contributed by atoms with Gasteiger partial charge in [0.1, 0.15) is 12.1 Å². The number of halogens is 3. The van der Waals surface area contributed by atoms with Crippen molar-refractivity contribution >= 4 is 44.9 Å². The largest absolute Gasteiger partial charge is 0.443 e. The second-order valence-electron chi connectivity index (χ2n) is 10.1. The first kappa shape index (κ1) is 28.8. The molecule has 2 aliphatic rings. The Labute approximate surface area is 235 Å². The van der Waals surface area contributed by atoms with Gasteiger partial charge in [0.2, 0.25) is 15.9 Å². The molecule has 10 nitrogen and oxygen atoms in total. The van der Waals surface area contributed by atoms with Gasteiger partial charge in [-0.05, 0) is 55.4 Å². The highest BCUT2D eigenvalue weighted by Gasteiger charge is 2.35. The van der Waals surface area contributed by atoms with Crippen molar-refractivity contribution in [2.45, 2.75) is 31.6 Å². The van der Waals surface area contributed by atoms with E-state index in [1.165, 1.54) is 39.8 Å². The number of fused-ring (bicyclic) bond motifs is 1. The van der Waals surface area contributed by atoms with E-state index < -0.39 is 27.8 Å². The number of aliphatic imine (C=N–C) groups is 2. The molecule has 1 fully saturated rings. The topological polar surface area (TPSA) is 117 Å². The maximum atomic E-state index is 13.0. The average molecular weight is 591 g/mol. The Morgan fingerprint density at radius 2 is 2.02 bits per heavy atom. The highest BCUT2D eigenvalue weighted by atomic mass is 32.2. The lowest BCUT2D eigenvalue weighted by molar-refractivity contribution is -0.137. The van der Waals surface area contributed by atoms with E-state index in [4.69, 9.17) is 4.74 Å². The minimum atomic E-state index is -4.52. The second kappa shape index (κ2) is 11.3. The number of carbonyl (C=O) groups excluding carboxylic acids is 1. The Balaban J connectivity index is 1.28. The number of alkyl halides is 3. The number of hydrogen-bond acceptors (Lipinski definition) is 7. The van der Waals surface area contributed by atoms with E-state index in [9.17, 15) is 26.4 Å². The average Bonchev–Trinajstić information content (AvgIpc) is 3.58. The number of carbonyl (C=O) groups is 1. The molecule has 3 heterocycles. The number of nitrogens with zero attached hydrogens (tertiary/aromatic N) is 4. The molecular formula is C27H29F3N6O4S. The Hall–Kier alpha value is -3.75. The lowest BCUT2D eigenvalue weighted by Crippen LogP contribution is -2.47. The van der Waals surface area contributed by atoms with E-state index in [0.29, 0.717) is 29.1 Å². The molecule has 1 saturated heterocycles. The zero-order valence-corrected chi connectivity index (χ0v) is 23.1. The lowest BCUT2D eigenvalue weighted by atomic mass is 10.0. The van der Waals surface area contributed by atoms with Crippen molar-refractivity contribution in [3.8, 4) is 5.75 Å². The molecule has 3 aromatic rings. The number of anilines is 1. The fourth-order valence-corrected chi connectivity index (χ4v) is 6.12. The summed E-state index contributed by atoms with van der Waals surface area (Å²) in [5.74, 6) is 0.523. The molecule has 2 N–H and O–H groups in total. The molecule has 5 rings (SSSR count). The summed E-state index contributed by atoms with van der Waals surface area (Å²) >= 11 is 0. The van der Waals surface area contributed by atoms with E-state index in [1.807, 2.05) is 6.92 Å². The first-order valence-electron chi connectivity index (χ1n) is 12.9. The van der Waals surface area contributed by atoms with E-state index >= 15 is 0 Å². The van der Waals surface area contributed by atoms with Gasteiger partial charge in [0.25, 0.3) is 0 Å². The van der Waals surface area contributed by atoms with E-state index in [1.54, 1.807) is 24.3 Å². The standard InChI is InChI=1S/C27H29F3N6O4S/c1-17-23(15-36(41(2,38)39)21-8-10-31-14-21)32-16-33-25(17)40-22-6-7-24-18(12-22)9-11-35(24)26(37)34-20-5-3-4-19(13-20)27(28,29)30/h3-7,9,11-13,16-17,21,23,31H,8,10,14-15H2,1-2H3,(H,34,37). The summed E-state index contributed by atoms with van der Waals surface area (Å²) in [5.41, 5.74) is -0.319. The molecule has 218 valence electrons. The first-order valence-corrected chi connectivity index (χ1v) is 14.8. The van der Waals surface area contributed by atoms with E-state index in [2.05, 4.69) is 20.6 Å². The maximum Gasteiger partial charge on any atom is 0.416 e. The third-order valence-electron chi connectivity index (χ3n) is 7.19. The molecule has 1 aromatic heterocycles. The van der Waals surface area contributed by atoms with Crippen LogP contribution in [0.5, 0.6) is 5.75 Å². The van der Waals surface area contributed by atoms with Gasteiger partial charge < -0.3 is 15.4 Å². The Morgan fingerprint density at radius 1 is 1.22 bits per heavy atom. The maximum absolute atomic E-state index is 13.0. The van der Waals surface area contributed by atoms with Crippen molar-refractivity contribution in [2.75, 3.05) is 31.2 Å². The summed E-state index contributed by atoms with van der Waals surface area (Å²) in [5, 5.41) is 6.35. The predicted molar refractivity (Wildman–Crippen MR) is 150 cm³/mol. The molecule has 0 bridgehead atoms. The summed E-state index contributed by atoms with van der Waals surface area (Å²) in [6.07, 6.45) is 0.297. The molecule has 3 atom stereocenters. The van der Waals surface area contributed by atoms with Crippen molar-refractivity contribution in [2.24, 2.45) is 15.9 Å². The normalized spacial score (nSPS) is 21.3. The highest BCUT2D eigenvalue weighted by Crippen LogP contribution is 2.31. The molecule has 3 unspecified atom stereocenters. The molecule has 0 aliphatic carbocycles. The van der Waals surface area contributed by atoms with Crippen molar-refractivity contribution in [3.63, 3.8) is 0 Å². The van der Waals surface area contributed by atoms with Crippen LogP contribution >= 0.6 is 0 Å². The van der Waals surface area contributed by atoms with Gasteiger partial charge in [-0.15, -0.1) is 0 Å². The van der Waals surface area contributed by atoms with Crippen molar-refractivity contribution in [1.82, 2.24) is 14.2 Å². The van der Waals surface area contributed by atoms with Gasteiger partial charge in [0.15, 0.2) is 0 Å². The predicted octanol–water partition coefficient (Wildman–Crippen LogP) is 4.19. The fraction of sp³-hybridized carbons (Fsp3) is 0.370. The zero-order valence-electron chi connectivity index (χ0n) is 22.3. The van der Waals surface area contributed by atoms with Crippen LogP contribution in [0, 0.1) is 5.92 Å². The minimum Gasteiger partial charge on any atom is -0.443 e. The number of ether oxygens (including phenoxy) is 1. The van der Waals surface area contributed by atoms with Gasteiger partial charge in [-0.25, -0.2) is 18.2 Å². The van der Waals surface area contributed by atoms with E-state index in [-0.39, 0.29) is 30.2 Å². The van der Waals surface area contributed by atoms with Gasteiger partial charge in [0.05, 0.1) is 29.3 Å². The highest BCUT2D eigenvalue weighted by molar-refractivity contribution is 7.88. The van der Waals surface area contributed by atoms with Gasteiger partial charge in [-0.1, -0.05) is 13.0 Å². The summed E-state index contributed by atoms with van der Waals surface area (Å²) in [6.45, 7) is 3.43. The minimum absolute atomic E-state index is 0.0192. The molecule has 0 radical (unpaired) electrons. The van der Waals surface area contributed by atoms with Gasteiger partial charge in [-0.2, -0.15) is 17.5 Å². The Kier molecular flexibility index (Phi) is 7.90. The summed E-state index contributed by atoms with van der Waals surface area (Å²) in [6, 6.07) is 9.99. The van der Waals surface area contributed by atoms with Crippen LogP contribution in [0.4, 0.5) is 23.7 Å². The van der Waals surface area contributed by atoms with Crippen LogP contribution in [0.1, 0.15) is 18.9 Å². The first-order chi connectivity index (χ1) is 19.4. The number of sulfonamides is 1. The quantitative estimate of drug-likeness (QED) is 0.447. The van der Waals surface area contributed by atoms with Crippen LogP contribution in [0.25, 0.3) is 10.9 Å². The Morgan fingerprint density at radius 3 is 2.73 bits per heavy atom. The molecular weight excluding hydrogens is 561 g/mol. The lowest BCUT2D eigenvalue weighted by Gasteiger charge is -2.32. The molecule has 41 heavy (non-hydrogen) atoms. The van der Waals surface area contributed by atoms with Crippen LogP contribution < -0.4 is 15.4 Å².